The van der Waals surface area contributed by atoms with Gasteiger partial charge in [0.25, 0.3) is 0 Å². The zero-order valence-electron chi connectivity index (χ0n) is 13.0. The molecule has 1 N–H and O–H groups in total. The van der Waals surface area contributed by atoms with Gasteiger partial charge in [0.15, 0.2) is 0 Å². The summed E-state index contributed by atoms with van der Waals surface area (Å²) in [6.45, 7) is 8.43. The van der Waals surface area contributed by atoms with E-state index in [0.29, 0.717) is 12.3 Å². The molecule has 0 unspecified atom stereocenters. The maximum atomic E-state index is 11.9. The molecule has 112 valence electrons. The molecule has 0 bridgehead atoms. The second kappa shape index (κ2) is 8.57. The molecule has 0 aliphatic carbocycles. The molecule has 0 atom stereocenters. The van der Waals surface area contributed by atoms with E-state index in [9.17, 15) is 4.79 Å². The molecule has 0 saturated carbocycles. The van der Waals surface area contributed by atoms with Crippen molar-refractivity contribution >= 4 is 5.97 Å². The summed E-state index contributed by atoms with van der Waals surface area (Å²) in [5, 5.41) is 3.35. The highest BCUT2D eigenvalue weighted by Gasteiger charge is 2.33. The van der Waals surface area contributed by atoms with Crippen LogP contribution in [0.1, 0.15) is 72.1 Å². The minimum Gasteiger partial charge on any atom is -0.459 e. The zero-order valence-corrected chi connectivity index (χ0v) is 13.0. The lowest BCUT2D eigenvalue weighted by molar-refractivity contribution is -0.162. The molecular formula is C16H31NO2. The van der Waals surface area contributed by atoms with Crippen LogP contribution in [0.4, 0.5) is 0 Å². The average molecular weight is 269 g/mol. The van der Waals surface area contributed by atoms with Crippen LogP contribution in [0.5, 0.6) is 0 Å². The fraction of sp³-hybridized carbons (Fsp3) is 0.938. The predicted octanol–water partition coefficient (Wildman–Crippen LogP) is 3.67. The summed E-state index contributed by atoms with van der Waals surface area (Å²) >= 11 is 0. The molecule has 0 radical (unpaired) electrons. The largest absolute Gasteiger partial charge is 0.459 e. The Kier molecular flexibility index (Phi) is 7.44. The number of piperidine rings is 1. The van der Waals surface area contributed by atoms with Crippen molar-refractivity contribution < 1.29 is 9.53 Å². The van der Waals surface area contributed by atoms with Crippen molar-refractivity contribution in [3.05, 3.63) is 0 Å². The van der Waals surface area contributed by atoms with Gasteiger partial charge in [0, 0.05) is 12.3 Å². The van der Waals surface area contributed by atoms with Crippen LogP contribution in [0.15, 0.2) is 0 Å². The Morgan fingerprint density at radius 3 is 2.42 bits per heavy atom. The molecule has 3 nitrogen and oxygen atoms in total. The highest BCUT2D eigenvalue weighted by Crippen LogP contribution is 2.29. The quantitative estimate of drug-likeness (QED) is 0.540. The number of carbonyl (C=O) groups excluding carboxylic acids is 1. The van der Waals surface area contributed by atoms with E-state index >= 15 is 0 Å². The van der Waals surface area contributed by atoms with Crippen molar-refractivity contribution in [2.24, 2.45) is 5.92 Å². The van der Waals surface area contributed by atoms with Crippen LogP contribution in [0, 0.1) is 5.92 Å². The van der Waals surface area contributed by atoms with Crippen LogP contribution in [-0.2, 0) is 9.53 Å². The van der Waals surface area contributed by atoms with E-state index in [2.05, 4.69) is 26.1 Å². The van der Waals surface area contributed by atoms with Gasteiger partial charge in [-0.3, -0.25) is 4.79 Å². The van der Waals surface area contributed by atoms with Gasteiger partial charge in [0.2, 0.25) is 0 Å². The molecular weight excluding hydrogens is 238 g/mol. The smallest absolute Gasteiger partial charge is 0.306 e. The number of esters is 1. The number of nitrogens with one attached hydrogen (secondary N) is 1. The Balaban J connectivity index is 2.21. The number of unbranched alkanes of at least 4 members (excludes halogenated alkanes) is 4. The fourth-order valence-corrected chi connectivity index (χ4v) is 2.82. The van der Waals surface area contributed by atoms with E-state index in [1.54, 1.807) is 0 Å². The first-order valence-electron chi connectivity index (χ1n) is 7.99. The van der Waals surface area contributed by atoms with E-state index in [4.69, 9.17) is 4.74 Å². The molecule has 0 aromatic heterocycles. The number of ether oxygens (including phenoxy) is 1. The molecule has 0 amide bonds. The Morgan fingerprint density at radius 2 is 1.79 bits per heavy atom. The van der Waals surface area contributed by atoms with Crippen molar-refractivity contribution in [2.75, 3.05) is 13.1 Å². The van der Waals surface area contributed by atoms with Gasteiger partial charge in [-0.2, -0.15) is 0 Å². The van der Waals surface area contributed by atoms with Gasteiger partial charge in [-0.15, -0.1) is 0 Å². The Morgan fingerprint density at radius 1 is 1.16 bits per heavy atom. The summed E-state index contributed by atoms with van der Waals surface area (Å²) < 4.78 is 5.72. The van der Waals surface area contributed by atoms with Crippen LogP contribution in [0.3, 0.4) is 0 Å². The van der Waals surface area contributed by atoms with E-state index in [0.717, 1.165) is 38.8 Å². The normalized spacial score (nSPS) is 17.4. The summed E-state index contributed by atoms with van der Waals surface area (Å²) in [7, 11) is 0. The summed E-state index contributed by atoms with van der Waals surface area (Å²) in [5.41, 5.74) is -0.303. The van der Waals surface area contributed by atoms with Gasteiger partial charge >= 0.3 is 5.97 Å². The number of carbonyl (C=O) groups is 1. The van der Waals surface area contributed by atoms with Crippen molar-refractivity contribution in [1.82, 2.24) is 5.32 Å². The van der Waals surface area contributed by atoms with Crippen LogP contribution in [0.2, 0.25) is 0 Å². The van der Waals surface area contributed by atoms with Gasteiger partial charge in [-0.05, 0) is 46.2 Å². The summed E-state index contributed by atoms with van der Waals surface area (Å²) in [4.78, 5) is 11.9. The number of hydrogen-bond acceptors (Lipinski definition) is 3. The topological polar surface area (TPSA) is 38.3 Å². The molecule has 0 aromatic carbocycles. The second-order valence-electron chi connectivity index (χ2n) is 6.27. The molecule has 3 heteroatoms. The van der Waals surface area contributed by atoms with E-state index < -0.39 is 0 Å². The predicted molar refractivity (Wildman–Crippen MR) is 79.1 cm³/mol. The second-order valence-corrected chi connectivity index (χ2v) is 6.27. The van der Waals surface area contributed by atoms with Crippen molar-refractivity contribution in [3.63, 3.8) is 0 Å². The third-order valence-electron chi connectivity index (χ3n) is 4.18. The molecule has 1 aliphatic heterocycles. The van der Waals surface area contributed by atoms with Crippen LogP contribution < -0.4 is 5.32 Å². The minimum absolute atomic E-state index is 0.0139. The van der Waals surface area contributed by atoms with Crippen molar-refractivity contribution in [1.29, 1.82) is 0 Å². The first-order chi connectivity index (χ1) is 9.06. The van der Waals surface area contributed by atoms with Crippen LogP contribution in [-0.4, -0.2) is 24.7 Å². The van der Waals surface area contributed by atoms with Gasteiger partial charge in [0.05, 0.1) is 0 Å². The van der Waals surface area contributed by atoms with Crippen molar-refractivity contribution in [2.45, 2.75) is 77.7 Å². The van der Waals surface area contributed by atoms with E-state index in [1.165, 1.54) is 19.3 Å². The summed E-state index contributed by atoms with van der Waals surface area (Å²) in [6.07, 6.45) is 8.67. The molecule has 1 fully saturated rings. The molecule has 1 heterocycles. The first-order valence-corrected chi connectivity index (χ1v) is 7.99. The van der Waals surface area contributed by atoms with E-state index in [1.807, 2.05) is 0 Å². The lowest BCUT2D eigenvalue weighted by atomic mass is 9.83. The van der Waals surface area contributed by atoms with Crippen molar-refractivity contribution in [3.8, 4) is 0 Å². The Labute approximate surface area is 118 Å². The molecule has 0 spiro atoms. The number of rotatable bonds is 8. The molecule has 1 rings (SSSR count). The highest BCUT2D eigenvalue weighted by molar-refractivity contribution is 5.69. The highest BCUT2D eigenvalue weighted by atomic mass is 16.6. The maximum Gasteiger partial charge on any atom is 0.306 e. The fourth-order valence-electron chi connectivity index (χ4n) is 2.82. The third kappa shape index (κ3) is 6.42. The Hall–Kier alpha value is -0.570. The molecule has 0 aromatic rings. The average Bonchev–Trinajstić information content (AvgIpc) is 2.39. The standard InChI is InChI=1S/C16H31NO2/c1-4-5-6-7-8-9-15(18)19-16(2,3)14-10-12-17-13-11-14/h14,17H,4-13H2,1-3H3. The molecule has 1 saturated heterocycles. The Bertz CT molecular complexity index is 257. The lowest BCUT2D eigenvalue weighted by Crippen LogP contribution is -2.42. The third-order valence-corrected chi connectivity index (χ3v) is 4.18. The van der Waals surface area contributed by atoms with Crippen LogP contribution >= 0.6 is 0 Å². The molecule has 1 aliphatic rings. The SMILES string of the molecule is CCCCCCCC(=O)OC(C)(C)C1CCNCC1. The summed E-state index contributed by atoms with van der Waals surface area (Å²) in [5.74, 6) is 0.484. The monoisotopic (exact) mass is 269 g/mol. The maximum absolute atomic E-state index is 11.9. The first kappa shape index (κ1) is 16.5. The number of hydrogen-bond donors (Lipinski definition) is 1. The van der Waals surface area contributed by atoms with Gasteiger partial charge in [-0.1, -0.05) is 32.6 Å². The molecule has 19 heavy (non-hydrogen) atoms. The van der Waals surface area contributed by atoms with E-state index in [-0.39, 0.29) is 11.6 Å². The lowest BCUT2D eigenvalue weighted by Gasteiger charge is -2.36. The van der Waals surface area contributed by atoms with Gasteiger partial charge in [-0.25, -0.2) is 0 Å². The summed E-state index contributed by atoms with van der Waals surface area (Å²) in [6, 6.07) is 0. The van der Waals surface area contributed by atoms with Gasteiger partial charge < -0.3 is 10.1 Å². The van der Waals surface area contributed by atoms with Gasteiger partial charge in [0.1, 0.15) is 5.60 Å². The van der Waals surface area contributed by atoms with Crippen LogP contribution in [0.25, 0.3) is 0 Å². The zero-order chi connectivity index (χ0) is 14.1. The minimum atomic E-state index is -0.303.